The van der Waals surface area contributed by atoms with Crippen LogP contribution in [0.1, 0.15) is 37.0 Å². The molecule has 0 atom stereocenters. The van der Waals surface area contributed by atoms with Crippen molar-refractivity contribution in [3.63, 3.8) is 0 Å². The van der Waals surface area contributed by atoms with Gasteiger partial charge in [-0.3, -0.25) is 14.8 Å². The highest BCUT2D eigenvalue weighted by Crippen LogP contribution is 2.28. The quantitative estimate of drug-likeness (QED) is 0.811. The first-order chi connectivity index (χ1) is 10.2. The fourth-order valence-electron chi connectivity index (χ4n) is 2.28. The Hall–Kier alpha value is -1.49. The molecule has 1 aromatic carbocycles. The molecule has 2 rings (SSSR count). The standard InChI is InChI=1S/C16H20BrN3O/c1-3-16(4-2,10-17)11-20-15(21)12-6-5-7-13-14(12)19-9-8-18-13/h5-9H,3-4,10-11H2,1-2H3,(H,20,21). The van der Waals surface area contributed by atoms with Crippen LogP contribution >= 0.6 is 15.9 Å². The van der Waals surface area contributed by atoms with Gasteiger partial charge < -0.3 is 5.32 Å². The minimum Gasteiger partial charge on any atom is -0.351 e. The maximum absolute atomic E-state index is 12.5. The van der Waals surface area contributed by atoms with E-state index in [1.807, 2.05) is 12.1 Å². The van der Waals surface area contributed by atoms with Gasteiger partial charge in [0.15, 0.2) is 0 Å². The Bertz CT molecular complexity index is 612. The second kappa shape index (κ2) is 6.98. The number of hydrogen-bond donors (Lipinski definition) is 1. The molecule has 4 nitrogen and oxygen atoms in total. The smallest absolute Gasteiger partial charge is 0.253 e. The first kappa shape index (κ1) is 15.9. The molecule has 0 unspecified atom stereocenters. The number of hydrogen-bond acceptors (Lipinski definition) is 3. The highest BCUT2D eigenvalue weighted by Gasteiger charge is 2.25. The summed E-state index contributed by atoms with van der Waals surface area (Å²) in [6.07, 6.45) is 5.28. The lowest BCUT2D eigenvalue weighted by Gasteiger charge is -2.29. The first-order valence-electron chi connectivity index (χ1n) is 7.19. The van der Waals surface area contributed by atoms with Crippen LogP contribution in [0.2, 0.25) is 0 Å². The molecule has 0 fully saturated rings. The van der Waals surface area contributed by atoms with E-state index in [0.29, 0.717) is 17.6 Å². The summed E-state index contributed by atoms with van der Waals surface area (Å²) in [5.74, 6) is -0.0895. The molecule has 0 spiro atoms. The number of para-hydroxylation sites is 1. The molecule has 21 heavy (non-hydrogen) atoms. The molecule has 0 bridgehead atoms. The van der Waals surface area contributed by atoms with Crippen LogP contribution in [0.25, 0.3) is 11.0 Å². The Morgan fingerprint density at radius 1 is 1.24 bits per heavy atom. The van der Waals surface area contributed by atoms with Crippen molar-refractivity contribution < 1.29 is 4.79 Å². The van der Waals surface area contributed by atoms with Crippen LogP contribution < -0.4 is 5.32 Å². The average Bonchev–Trinajstić information content (AvgIpc) is 2.56. The van der Waals surface area contributed by atoms with Gasteiger partial charge in [0.05, 0.1) is 11.1 Å². The second-order valence-electron chi connectivity index (χ2n) is 5.25. The Morgan fingerprint density at radius 3 is 2.62 bits per heavy atom. The van der Waals surface area contributed by atoms with Crippen molar-refractivity contribution in [2.45, 2.75) is 26.7 Å². The third-order valence-corrected chi connectivity index (χ3v) is 5.34. The third-order valence-electron chi connectivity index (χ3n) is 4.15. The van der Waals surface area contributed by atoms with E-state index in [0.717, 1.165) is 23.7 Å². The summed E-state index contributed by atoms with van der Waals surface area (Å²) in [5, 5.41) is 3.93. The fraction of sp³-hybridized carbons (Fsp3) is 0.438. The molecule has 112 valence electrons. The van der Waals surface area contributed by atoms with E-state index in [1.165, 1.54) is 0 Å². The molecule has 0 aliphatic carbocycles. The molecule has 0 saturated heterocycles. The summed E-state index contributed by atoms with van der Waals surface area (Å²) >= 11 is 3.57. The lowest BCUT2D eigenvalue weighted by Crippen LogP contribution is -2.38. The number of carbonyl (C=O) groups excluding carboxylic acids is 1. The van der Waals surface area contributed by atoms with E-state index in [1.54, 1.807) is 18.5 Å². The predicted octanol–water partition coefficient (Wildman–Crippen LogP) is 3.56. The van der Waals surface area contributed by atoms with Gasteiger partial charge in [-0.05, 0) is 30.4 Å². The Balaban J connectivity index is 2.20. The third kappa shape index (κ3) is 3.40. The lowest BCUT2D eigenvalue weighted by atomic mass is 9.84. The zero-order chi connectivity index (χ0) is 15.3. The molecule has 1 amide bonds. The number of fused-ring (bicyclic) bond motifs is 1. The molecule has 5 heteroatoms. The molecule has 2 aromatic rings. The van der Waals surface area contributed by atoms with Crippen LogP contribution in [0.5, 0.6) is 0 Å². The lowest BCUT2D eigenvalue weighted by molar-refractivity contribution is 0.0934. The number of carbonyl (C=O) groups is 1. The van der Waals surface area contributed by atoms with Crippen LogP contribution in [0.3, 0.4) is 0 Å². The number of halogens is 1. The van der Waals surface area contributed by atoms with E-state index in [2.05, 4.69) is 45.1 Å². The van der Waals surface area contributed by atoms with Gasteiger partial charge in [-0.25, -0.2) is 0 Å². The van der Waals surface area contributed by atoms with E-state index in [9.17, 15) is 4.79 Å². The van der Waals surface area contributed by atoms with E-state index >= 15 is 0 Å². The topological polar surface area (TPSA) is 54.9 Å². The van der Waals surface area contributed by atoms with Crippen molar-refractivity contribution in [1.29, 1.82) is 0 Å². The summed E-state index contributed by atoms with van der Waals surface area (Å²) in [6, 6.07) is 5.49. The van der Waals surface area contributed by atoms with Crippen molar-refractivity contribution in [3.05, 3.63) is 36.2 Å². The molecule has 1 heterocycles. The Kier molecular flexibility index (Phi) is 5.28. The van der Waals surface area contributed by atoms with Gasteiger partial charge in [-0.2, -0.15) is 0 Å². The largest absolute Gasteiger partial charge is 0.351 e. The highest BCUT2D eigenvalue weighted by atomic mass is 79.9. The number of alkyl halides is 1. The fourth-order valence-corrected chi connectivity index (χ4v) is 3.27. The van der Waals surface area contributed by atoms with Crippen molar-refractivity contribution in [1.82, 2.24) is 15.3 Å². The molecule has 1 aromatic heterocycles. The normalized spacial score (nSPS) is 11.6. The van der Waals surface area contributed by atoms with Gasteiger partial charge in [0.2, 0.25) is 0 Å². The minimum atomic E-state index is -0.0895. The van der Waals surface area contributed by atoms with Crippen molar-refractivity contribution in [2.75, 3.05) is 11.9 Å². The molecule has 0 aliphatic rings. The maximum Gasteiger partial charge on any atom is 0.253 e. The van der Waals surface area contributed by atoms with Gasteiger partial charge >= 0.3 is 0 Å². The SMILES string of the molecule is CCC(CC)(CBr)CNC(=O)c1cccc2nccnc12. The number of nitrogens with one attached hydrogen (secondary N) is 1. The first-order valence-corrected chi connectivity index (χ1v) is 8.32. The second-order valence-corrected chi connectivity index (χ2v) is 5.81. The minimum absolute atomic E-state index is 0.0895. The van der Waals surface area contributed by atoms with Crippen molar-refractivity contribution in [3.8, 4) is 0 Å². The van der Waals surface area contributed by atoms with E-state index in [4.69, 9.17) is 0 Å². The monoisotopic (exact) mass is 349 g/mol. The van der Waals surface area contributed by atoms with Crippen LogP contribution in [-0.2, 0) is 0 Å². The number of rotatable bonds is 6. The summed E-state index contributed by atoms with van der Waals surface area (Å²) in [5.41, 5.74) is 2.07. The van der Waals surface area contributed by atoms with Crippen LogP contribution in [0.4, 0.5) is 0 Å². The van der Waals surface area contributed by atoms with Gasteiger partial charge in [0, 0.05) is 24.3 Å². The van der Waals surface area contributed by atoms with E-state index < -0.39 is 0 Å². The maximum atomic E-state index is 12.5. The molecule has 0 radical (unpaired) electrons. The molecular weight excluding hydrogens is 330 g/mol. The zero-order valence-electron chi connectivity index (χ0n) is 12.4. The number of aromatic nitrogens is 2. The molecular formula is C16H20BrN3O. The molecule has 1 N–H and O–H groups in total. The highest BCUT2D eigenvalue weighted by molar-refractivity contribution is 9.09. The van der Waals surface area contributed by atoms with Crippen LogP contribution in [-0.4, -0.2) is 27.7 Å². The van der Waals surface area contributed by atoms with Crippen LogP contribution in [0.15, 0.2) is 30.6 Å². The predicted molar refractivity (Wildman–Crippen MR) is 88.7 cm³/mol. The molecule has 0 aliphatic heterocycles. The van der Waals surface area contributed by atoms with Crippen LogP contribution in [0, 0.1) is 5.41 Å². The van der Waals surface area contributed by atoms with Gasteiger partial charge in [-0.1, -0.05) is 35.8 Å². The van der Waals surface area contributed by atoms with E-state index in [-0.39, 0.29) is 11.3 Å². The van der Waals surface area contributed by atoms with Crippen molar-refractivity contribution >= 4 is 32.9 Å². The van der Waals surface area contributed by atoms with Gasteiger partial charge in [-0.15, -0.1) is 0 Å². The average molecular weight is 350 g/mol. The Morgan fingerprint density at radius 2 is 1.95 bits per heavy atom. The summed E-state index contributed by atoms with van der Waals surface area (Å²) in [7, 11) is 0. The number of amides is 1. The number of benzene rings is 1. The molecule has 0 saturated carbocycles. The summed E-state index contributed by atoms with van der Waals surface area (Å²) in [6.45, 7) is 4.96. The summed E-state index contributed by atoms with van der Waals surface area (Å²) in [4.78, 5) is 21.0. The zero-order valence-corrected chi connectivity index (χ0v) is 14.0. The van der Waals surface area contributed by atoms with Gasteiger partial charge in [0.1, 0.15) is 5.52 Å². The van der Waals surface area contributed by atoms with Gasteiger partial charge in [0.25, 0.3) is 5.91 Å². The Labute approximate surface area is 133 Å². The van der Waals surface area contributed by atoms with Crippen molar-refractivity contribution in [2.24, 2.45) is 5.41 Å². The number of nitrogens with zero attached hydrogens (tertiary/aromatic N) is 2. The summed E-state index contributed by atoms with van der Waals surface area (Å²) < 4.78 is 0.